The van der Waals surface area contributed by atoms with Crippen LogP contribution in [0.15, 0.2) is 84.9 Å². The Hall–Kier alpha value is -3.86. The van der Waals surface area contributed by atoms with Gasteiger partial charge in [-0.05, 0) is 59.9 Å². The Morgan fingerprint density at radius 2 is 1.64 bits per heavy atom. The van der Waals surface area contributed by atoms with E-state index in [1.807, 2.05) is 83.8 Å². The lowest BCUT2D eigenvalue weighted by Crippen LogP contribution is -2.27. The Balaban J connectivity index is 1.29. The van der Waals surface area contributed by atoms with Gasteiger partial charge in [-0.2, -0.15) is 0 Å². The van der Waals surface area contributed by atoms with Crippen LogP contribution in [0.4, 0.5) is 0 Å². The molecule has 33 heavy (non-hydrogen) atoms. The van der Waals surface area contributed by atoms with E-state index in [2.05, 4.69) is 5.32 Å². The molecule has 0 atom stereocenters. The number of hydrogen-bond acceptors (Lipinski definition) is 3. The standard InChI is InChI=1S/C28H28N2O3/c31-27(29-20-24-11-6-12-25(18-24)28(32)30-16-4-5-17-30)15-14-22-10-7-13-26(19-22)33-21-23-8-2-1-3-9-23/h1-3,6-15,18-19H,4-5,16-17,20-21H2,(H,29,31)/b15-14+. The molecule has 0 saturated carbocycles. The minimum Gasteiger partial charge on any atom is -0.489 e. The highest BCUT2D eigenvalue weighted by Gasteiger charge is 2.19. The lowest BCUT2D eigenvalue weighted by Gasteiger charge is -2.15. The van der Waals surface area contributed by atoms with Gasteiger partial charge in [-0.15, -0.1) is 0 Å². The fourth-order valence-electron chi connectivity index (χ4n) is 3.79. The summed E-state index contributed by atoms with van der Waals surface area (Å²) in [6.45, 7) is 2.50. The monoisotopic (exact) mass is 440 g/mol. The summed E-state index contributed by atoms with van der Waals surface area (Å²) in [5, 5.41) is 2.88. The predicted octanol–water partition coefficient (Wildman–Crippen LogP) is 4.83. The molecule has 0 radical (unpaired) electrons. The molecule has 0 aliphatic carbocycles. The van der Waals surface area contributed by atoms with E-state index < -0.39 is 0 Å². The van der Waals surface area contributed by atoms with Gasteiger partial charge < -0.3 is 15.0 Å². The van der Waals surface area contributed by atoms with E-state index in [1.54, 1.807) is 6.08 Å². The average Bonchev–Trinajstić information content (AvgIpc) is 3.41. The van der Waals surface area contributed by atoms with Crippen LogP contribution in [-0.4, -0.2) is 29.8 Å². The number of rotatable bonds is 8. The van der Waals surface area contributed by atoms with E-state index in [9.17, 15) is 9.59 Å². The second-order valence-electron chi connectivity index (χ2n) is 8.10. The number of nitrogens with zero attached hydrogens (tertiary/aromatic N) is 1. The van der Waals surface area contributed by atoms with Crippen molar-refractivity contribution in [1.82, 2.24) is 10.2 Å². The van der Waals surface area contributed by atoms with Crippen molar-refractivity contribution in [3.8, 4) is 5.75 Å². The van der Waals surface area contributed by atoms with Gasteiger partial charge in [-0.3, -0.25) is 9.59 Å². The van der Waals surface area contributed by atoms with Crippen LogP contribution in [0.2, 0.25) is 0 Å². The average molecular weight is 441 g/mol. The molecule has 1 saturated heterocycles. The molecule has 5 heteroatoms. The van der Waals surface area contributed by atoms with Gasteiger partial charge in [-0.1, -0.05) is 54.6 Å². The molecule has 1 aliphatic rings. The largest absolute Gasteiger partial charge is 0.489 e. The number of ether oxygens (including phenoxy) is 1. The first-order valence-corrected chi connectivity index (χ1v) is 11.3. The highest BCUT2D eigenvalue weighted by molar-refractivity contribution is 5.94. The third-order valence-electron chi connectivity index (χ3n) is 5.57. The fraction of sp³-hybridized carbons (Fsp3) is 0.214. The molecule has 1 N–H and O–H groups in total. The van der Waals surface area contributed by atoms with Crippen molar-refractivity contribution in [1.29, 1.82) is 0 Å². The molecule has 1 fully saturated rings. The third kappa shape index (κ3) is 6.56. The van der Waals surface area contributed by atoms with Crippen LogP contribution in [0, 0.1) is 0 Å². The van der Waals surface area contributed by atoms with Crippen molar-refractivity contribution in [2.45, 2.75) is 26.0 Å². The second-order valence-corrected chi connectivity index (χ2v) is 8.10. The molecule has 5 nitrogen and oxygen atoms in total. The van der Waals surface area contributed by atoms with E-state index in [4.69, 9.17) is 4.74 Å². The molecule has 0 unspecified atom stereocenters. The highest BCUT2D eigenvalue weighted by atomic mass is 16.5. The van der Waals surface area contributed by atoms with E-state index in [-0.39, 0.29) is 11.8 Å². The second kappa shape index (κ2) is 11.1. The van der Waals surface area contributed by atoms with Crippen molar-refractivity contribution in [2.24, 2.45) is 0 Å². The smallest absolute Gasteiger partial charge is 0.253 e. The topological polar surface area (TPSA) is 58.6 Å². The van der Waals surface area contributed by atoms with Crippen LogP contribution < -0.4 is 10.1 Å². The molecule has 0 bridgehead atoms. The summed E-state index contributed by atoms with van der Waals surface area (Å²) in [6, 6.07) is 25.1. The summed E-state index contributed by atoms with van der Waals surface area (Å²) in [6.07, 6.45) is 5.40. The van der Waals surface area contributed by atoms with Crippen LogP contribution in [0.1, 0.15) is 39.9 Å². The predicted molar refractivity (Wildman–Crippen MR) is 130 cm³/mol. The number of hydrogen-bond donors (Lipinski definition) is 1. The Morgan fingerprint density at radius 3 is 2.45 bits per heavy atom. The molecule has 2 amide bonds. The normalized spacial score (nSPS) is 13.3. The van der Waals surface area contributed by atoms with E-state index >= 15 is 0 Å². The lowest BCUT2D eigenvalue weighted by molar-refractivity contribution is -0.116. The molecule has 3 aromatic rings. The number of carbonyl (C=O) groups excluding carboxylic acids is 2. The summed E-state index contributed by atoms with van der Waals surface area (Å²) in [5.74, 6) is 0.623. The number of amides is 2. The fourth-order valence-corrected chi connectivity index (χ4v) is 3.79. The van der Waals surface area contributed by atoms with Crippen LogP contribution in [0.25, 0.3) is 6.08 Å². The molecule has 0 spiro atoms. The molecule has 168 valence electrons. The molecule has 4 rings (SSSR count). The minimum absolute atomic E-state index is 0.0648. The molecule has 1 heterocycles. The lowest BCUT2D eigenvalue weighted by atomic mass is 10.1. The zero-order chi connectivity index (χ0) is 22.9. The van der Waals surface area contributed by atoms with Crippen molar-refractivity contribution in [3.05, 3.63) is 107 Å². The Morgan fingerprint density at radius 1 is 0.879 bits per heavy atom. The quantitative estimate of drug-likeness (QED) is 0.511. The van der Waals surface area contributed by atoms with Crippen LogP contribution in [0.5, 0.6) is 5.75 Å². The maximum absolute atomic E-state index is 12.6. The number of carbonyl (C=O) groups is 2. The van der Waals surface area contributed by atoms with Crippen LogP contribution >= 0.6 is 0 Å². The Kier molecular flexibility index (Phi) is 7.54. The summed E-state index contributed by atoms with van der Waals surface area (Å²) in [5.41, 5.74) is 3.56. The number of benzene rings is 3. The van der Waals surface area contributed by atoms with Gasteiger partial charge in [0.05, 0.1) is 0 Å². The van der Waals surface area contributed by atoms with Crippen molar-refractivity contribution < 1.29 is 14.3 Å². The van der Waals surface area contributed by atoms with E-state index in [0.29, 0.717) is 18.7 Å². The van der Waals surface area contributed by atoms with Gasteiger partial charge in [-0.25, -0.2) is 0 Å². The van der Waals surface area contributed by atoms with Gasteiger partial charge in [0.2, 0.25) is 5.91 Å². The maximum atomic E-state index is 12.6. The number of likely N-dealkylation sites (tertiary alicyclic amines) is 1. The zero-order valence-electron chi connectivity index (χ0n) is 18.6. The van der Waals surface area contributed by atoms with Crippen LogP contribution in [-0.2, 0) is 17.9 Å². The van der Waals surface area contributed by atoms with E-state index in [1.165, 1.54) is 6.08 Å². The summed E-state index contributed by atoms with van der Waals surface area (Å²) in [4.78, 5) is 26.8. The summed E-state index contributed by atoms with van der Waals surface area (Å²) >= 11 is 0. The Labute approximate surface area is 194 Å². The third-order valence-corrected chi connectivity index (χ3v) is 5.57. The number of nitrogens with one attached hydrogen (secondary N) is 1. The van der Waals surface area contributed by atoms with Crippen molar-refractivity contribution >= 4 is 17.9 Å². The SMILES string of the molecule is O=C(/C=C/c1cccc(OCc2ccccc2)c1)NCc1cccc(C(=O)N2CCCC2)c1. The first-order valence-electron chi connectivity index (χ1n) is 11.3. The molecule has 3 aromatic carbocycles. The summed E-state index contributed by atoms with van der Waals surface area (Å²) < 4.78 is 5.85. The molecular formula is C28H28N2O3. The first-order chi connectivity index (χ1) is 16.2. The first kappa shape index (κ1) is 22.3. The van der Waals surface area contributed by atoms with E-state index in [0.717, 1.165) is 48.4 Å². The minimum atomic E-state index is -0.193. The van der Waals surface area contributed by atoms with Crippen molar-refractivity contribution in [2.75, 3.05) is 13.1 Å². The van der Waals surface area contributed by atoms with Crippen LogP contribution in [0.3, 0.4) is 0 Å². The van der Waals surface area contributed by atoms with Gasteiger partial charge in [0, 0.05) is 31.3 Å². The van der Waals surface area contributed by atoms with Gasteiger partial charge >= 0.3 is 0 Å². The molecule has 1 aliphatic heterocycles. The highest BCUT2D eigenvalue weighted by Crippen LogP contribution is 2.17. The molecule has 0 aromatic heterocycles. The van der Waals surface area contributed by atoms with Crippen molar-refractivity contribution in [3.63, 3.8) is 0 Å². The zero-order valence-corrected chi connectivity index (χ0v) is 18.6. The molecular weight excluding hydrogens is 412 g/mol. The summed E-state index contributed by atoms with van der Waals surface area (Å²) in [7, 11) is 0. The van der Waals surface area contributed by atoms with Gasteiger partial charge in [0.15, 0.2) is 0 Å². The van der Waals surface area contributed by atoms with Gasteiger partial charge in [0.1, 0.15) is 12.4 Å². The van der Waals surface area contributed by atoms with Gasteiger partial charge in [0.25, 0.3) is 5.91 Å². The maximum Gasteiger partial charge on any atom is 0.253 e. The Bertz CT molecular complexity index is 1120.